The molecule has 2 fully saturated rings. The topological polar surface area (TPSA) is 89.4 Å². The van der Waals surface area contributed by atoms with Crippen molar-refractivity contribution in [3.63, 3.8) is 0 Å². The summed E-state index contributed by atoms with van der Waals surface area (Å²) in [6.07, 6.45) is 3.72. The summed E-state index contributed by atoms with van der Waals surface area (Å²) in [4.78, 5) is 26.0. The highest BCUT2D eigenvalue weighted by Crippen LogP contribution is 2.34. The Morgan fingerprint density at radius 1 is 1.10 bits per heavy atom. The van der Waals surface area contributed by atoms with Crippen LogP contribution in [-0.4, -0.2) is 30.8 Å². The molecule has 1 aromatic rings. The van der Waals surface area contributed by atoms with E-state index in [1.54, 1.807) is 6.07 Å². The van der Waals surface area contributed by atoms with Gasteiger partial charge in [-0.3, -0.25) is 9.59 Å². The van der Waals surface area contributed by atoms with E-state index < -0.39 is 5.91 Å². The van der Waals surface area contributed by atoms with Gasteiger partial charge in [0.25, 0.3) is 5.91 Å². The summed E-state index contributed by atoms with van der Waals surface area (Å²) in [6, 6.07) is 5.56. The number of primary amides is 1. The number of hydrogen-bond donors (Lipinski definition) is 2. The van der Waals surface area contributed by atoms with E-state index in [4.69, 9.17) is 11.5 Å². The second-order valence-corrected chi connectivity index (χ2v) is 6.06. The summed E-state index contributed by atoms with van der Waals surface area (Å²) in [6.45, 7) is 1.63. The molecule has 0 atom stereocenters. The maximum atomic E-state index is 12.1. The highest BCUT2D eigenvalue weighted by atomic mass is 16.1. The Labute approximate surface area is 124 Å². The molecule has 5 nitrogen and oxygen atoms in total. The fraction of sp³-hybridized carbons (Fsp3) is 0.500. The van der Waals surface area contributed by atoms with Crippen LogP contribution in [0.2, 0.25) is 0 Å². The van der Waals surface area contributed by atoms with Gasteiger partial charge in [-0.15, -0.1) is 0 Å². The van der Waals surface area contributed by atoms with E-state index in [2.05, 4.69) is 4.90 Å². The number of carbonyl (C=O) groups is 2. The Kier molecular flexibility index (Phi) is 3.68. The van der Waals surface area contributed by atoms with Crippen LogP contribution in [0, 0.1) is 5.92 Å². The molecule has 1 aliphatic carbocycles. The Morgan fingerprint density at radius 2 is 1.76 bits per heavy atom. The molecule has 1 aliphatic heterocycles. The van der Waals surface area contributed by atoms with Crippen LogP contribution in [0.1, 0.15) is 46.4 Å². The first-order valence-corrected chi connectivity index (χ1v) is 7.55. The first kappa shape index (κ1) is 14.1. The van der Waals surface area contributed by atoms with Crippen LogP contribution in [0.5, 0.6) is 0 Å². The highest BCUT2D eigenvalue weighted by Gasteiger charge is 2.31. The maximum absolute atomic E-state index is 12.1. The molecule has 5 heteroatoms. The van der Waals surface area contributed by atoms with E-state index in [0.717, 1.165) is 44.5 Å². The fourth-order valence-electron chi connectivity index (χ4n) is 2.88. The first-order valence-electron chi connectivity index (χ1n) is 7.55. The lowest BCUT2D eigenvalue weighted by molar-refractivity contribution is 0.0967. The van der Waals surface area contributed by atoms with Crippen molar-refractivity contribution in [2.75, 3.05) is 18.0 Å². The van der Waals surface area contributed by atoms with Gasteiger partial charge in [0.1, 0.15) is 0 Å². The van der Waals surface area contributed by atoms with Gasteiger partial charge in [0.2, 0.25) is 0 Å². The number of ketones is 1. The van der Waals surface area contributed by atoms with E-state index in [1.165, 1.54) is 0 Å². The van der Waals surface area contributed by atoms with Gasteiger partial charge in [0.15, 0.2) is 5.78 Å². The van der Waals surface area contributed by atoms with Gasteiger partial charge < -0.3 is 16.4 Å². The summed E-state index contributed by atoms with van der Waals surface area (Å²) in [5.74, 6) is -0.209. The number of anilines is 1. The zero-order chi connectivity index (χ0) is 15.0. The molecule has 4 N–H and O–H groups in total. The fourth-order valence-corrected chi connectivity index (χ4v) is 2.88. The van der Waals surface area contributed by atoms with Crippen LogP contribution >= 0.6 is 0 Å². The minimum Gasteiger partial charge on any atom is -0.371 e. The number of nitrogens with zero attached hydrogens (tertiary/aromatic N) is 1. The monoisotopic (exact) mass is 287 g/mol. The van der Waals surface area contributed by atoms with Gasteiger partial charge in [0.05, 0.1) is 5.56 Å². The van der Waals surface area contributed by atoms with Crippen molar-refractivity contribution in [2.24, 2.45) is 17.4 Å². The molecule has 112 valence electrons. The van der Waals surface area contributed by atoms with Crippen molar-refractivity contribution in [2.45, 2.75) is 31.7 Å². The minimum absolute atomic E-state index is 0.129. The SMILES string of the molecule is NC(=O)c1cc(C(=O)C2CC2)ccc1N1CCC(N)CC1. The number of amides is 1. The lowest BCUT2D eigenvalue weighted by Crippen LogP contribution is -2.40. The summed E-state index contributed by atoms with van der Waals surface area (Å²) < 4.78 is 0. The van der Waals surface area contributed by atoms with Crippen molar-refractivity contribution < 1.29 is 9.59 Å². The zero-order valence-electron chi connectivity index (χ0n) is 12.0. The second kappa shape index (κ2) is 5.48. The molecule has 21 heavy (non-hydrogen) atoms. The van der Waals surface area contributed by atoms with E-state index in [-0.39, 0.29) is 17.7 Å². The zero-order valence-corrected chi connectivity index (χ0v) is 12.0. The number of hydrogen-bond acceptors (Lipinski definition) is 4. The average molecular weight is 287 g/mol. The number of carbonyl (C=O) groups excluding carboxylic acids is 2. The second-order valence-electron chi connectivity index (χ2n) is 6.06. The largest absolute Gasteiger partial charge is 0.371 e. The Bertz CT molecular complexity index is 573. The van der Waals surface area contributed by atoms with Gasteiger partial charge in [-0.25, -0.2) is 0 Å². The Hall–Kier alpha value is -1.88. The van der Waals surface area contributed by atoms with Crippen molar-refractivity contribution in [1.82, 2.24) is 0 Å². The number of rotatable bonds is 4. The Morgan fingerprint density at radius 3 is 2.33 bits per heavy atom. The van der Waals surface area contributed by atoms with E-state index in [0.29, 0.717) is 11.1 Å². The normalized spacial score (nSPS) is 19.6. The van der Waals surface area contributed by atoms with Crippen LogP contribution in [0.25, 0.3) is 0 Å². The molecule has 1 saturated heterocycles. The molecule has 1 heterocycles. The molecular formula is C16H21N3O2. The van der Waals surface area contributed by atoms with E-state index in [1.807, 2.05) is 12.1 Å². The van der Waals surface area contributed by atoms with Crippen LogP contribution in [-0.2, 0) is 0 Å². The Balaban J connectivity index is 1.89. The third-order valence-corrected chi connectivity index (χ3v) is 4.37. The van der Waals surface area contributed by atoms with Gasteiger partial charge in [-0.1, -0.05) is 0 Å². The van der Waals surface area contributed by atoms with E-state index >= 15 is 0 Å². The third kappa shape index (κ3) is 2.93. The molecule has 0 bridgehead atoms. The lowest BCUT2D eigenvalue weighted by Gasteiger charge is -2.33. The predicted molar refractivity (Wildman–Crippen MR) is 81.4 cm³/mol. The molecular weight excluding hydrogens is 266 g/mol. The van der Waals surface area contributed by atoms with Crippen LogP contribution in [0.15, 0.2) is 18.2 Å². The lowest BCUT2D eigenvalue weighted by atomic mass is 9.99. The molecule has 0 aromatic heterocycles. The van der Waals surface area contributed by atoms with Crippen molar-refractivity contribution in [1.29, 1.82) is 0 Å². The highest BCUT2D eigenvalue weighted by molar-refractivity contribution is 6.04. The number of benzene rings is 1. The van der Waals surface area contributed by atoms with Gasteiger partial charge in [-0.05, 0) is 43.9 Å². The van der Waals surface area contributed by atoms with Gasteiger partial charge in [0, 0.05) is 36.3 Å². The average Bonchev–Trinajstić information content (AvgIpc) is 3.31. The maximum Gasteiger partial charge on any atom is 0.250 e. The van der Waals surface area contributed by atoms with Crippen LogP contribution in [0.3, 0.4) is 0 Å². The number of Topliss-reactive ketones (excluding diaryl/α,β-unsaturated/α-hetero) is 1. The molecule has 1 saturated carbocycles. The van der Waals surface area contributed by atoms with Gasteiger partial charge >= 0.3 is 0 Å². The molecule has 1 aromatic carbocycles. The van der Waals surface area contributed by atoms with E-state index in [9.17, 15) is 9.59 Å². The first-order chi connectivity index (χ1) is 10.1. The summed E-state index contributed by atoms with van der Waals surface area (Å²) in [5, 5.41) is 0. The van der Waals surface area contributed by atoms with Crippen molar-refractivity contribution >= 4 is 17.4 Å². The standard InChI is InChI=1S/C16H21N3O2/c17-12-5-7-19(8-6-12)14-4-3-11(9-13(14)16(18)21)15(20)10-1-2-10/h3-4,9-10,12H,1-2,5-8,17H2,(H2,18,21). The molecule has 1 amide bonds. The quantitative estimate of drug-likeness (QED) is 0.817. The summed E-state index contributed by atoms with van der Waals surface area (Å²) in [7, 11) is 0. The minimum atomic E-state index is -0.481. The molecule has 0 unspecified atom stereocenters. The van der Waals surface area contributed by atoms with Crippen LogP contribution in [0.4, 0.5) is 5.69 Å². The molecule has 0 radical (unpaired) electrons. The molecule has 3 rings (SSSR count). The van der Waals surface area contributed by atoms with Crippen LogP contribution < -0.4 is 16.4 Å². The van der Waals surface area contributed by atoms with Gasteiger partial charge in [-0.2, -0.15) is 0 Å². The number of piperidine rings is 1. The summed E-state index contributed by atoms with van der Waals surface area (Å²) in [5.41, 5.74) is 13.3. The summed E-state index contributed by atoms with van der Waals surface area (Å²) >= 11 is 0. The smallest absolute Gasteiger partial charge is 0.250 e. The predicted octanol–water partition coefficient (Wildman–Crippen LogP) is 1.31. The molecule has 0 spiro atoms. The molecule has 2 aliphatic rings. The van der Waals surface area contributed by atoms with Crippen molar-refractivity contribution in [3.8, 4) is 0 Å². The third-order valence-electron chi connectivity index (χ3n) is 4.37. The number of nitrogens with two attached hydrogens (primary N) is 2. The van der Waals surface area contributed by atoms with Crippen molar-refractivity contribution in [3.05, 3.63) is 29.3 Å².